The molecule has 1 saturated heterocycles. The third-order valence-electron chi connectivity index (χ3n) is 5.88. The van der Waals surface area contributed by atoms with E-state index in [2.05, 4.69) is 0 Å². The fourth-order valence-corrected chi connectivity index (χ4v) is 4.08. The summed E-state index contributed by atoms with van der Waals surface area (Å²) in [6.45, 7) is 0. The molecular weight excluding hydrogens is 450 g/mol. The molecule has 0 spiro atoms. The number of rotatable bonds is 7. The summed E-state index contributed by atoms with van der Waals surface area (Å²) in [6.07, 6.45) is 0. The lowest BCUT2D eigenvalue weighted by atomic mass is 9.94. The van der Waals surface area contributed by atoms with E-state index in [0.29, 0.717) is 39.8 Å². The van der Waals surface area contributed by atoms with Crippen molar-refractivity contribution in [1.82, 2.24) is 0 Å². The molecule has 4 rings (SSSR count). The molecule has 1 aliphatic heterocycles. The van der Waals surface area contributed by atoms with E-state index in [1.807, 2.05) is 0 Å². The number of anilines is 1. The van der Waals surface area contributed by atoms with Crippen LogP contribution in [-0.4, -0.2) is 45.2 Å². The summed E-state index contributed by atoms with van der Waals surface area (Å²) in [5.74, 6) is 0.270. The first kappa shape index (κ1) is 23.7. The van der Waals surface area contributed by atoms with Crippen LogP contribution in [0.1, 0.15) is 17.2 Å². The number of ketones is 1. The fourth-order valence-electron chi connectivity index (χ4n) is 4.08. The predicted molar refractivity (Wildman–Crippen MR) is 130 cm³/mol. The SMILES string of the molecule is COc1ccc(/C(O)=C2\C(=O)C(=O)N(c3ccc(OC)cc3)C2c2ccc(OC)c(OC)c2)cc1. The summed E-state index contributed by atoms with van der Waals surface area (Å²) < 4.78 is 21.2. The van der Waals surface area contributed by atoms with Crippen molar-refractivity contribution in [1.29, 1.82) is 0 Å². The molecular formula is C27H25NO7. The molecule has 1 fully saturated rings. The van der Waals surface area contributed by atoms with Crippen LogP contribution in [0.3, 0.4) is 0 Å². The zero-order valence-electron chi connectivity index (χ0n) is 19.8. The van der Waals surface area contributed by atoms with Crippen LogP contribution in [0, 0.1) is 0 Å². The maximum atomic E-state index is 13.3. The summed E-state index contributed by atoms with van der Waals surface area (Å²) in [7, 11) is 6.09. The molecule has 0 radical (unpaired) electrons. The minimum absolute atomic E-state index is 0.0387. The zero-order valence-corrected chi connectivity index (χ0v) is 19.8. The van der Waals surface area contributed by atoms with Gasteiger partial charge in [0.25, 0.3) is 11.7 Å². The van der Waals surface area contributed by atoms with E-state index in [-0.39, 0.29) is 11.3 Å². The number of hydrogen-bond donors (Lipinski definition) is 1. The van der Waals surface area contributed by atoms with E-state index in [0.717, 1.165) is 0 Å². The van der Waals surface area contributed by atoms with Crippen LogP contribution in [0.4, 0.5) is 5.69 Å². The molecule has 3 aromatic carbocycles. The first-order chi connectivity index (χ1) is 16.9. The maximum Gasteiger partial charge on any atom is 0.300 e. The molecule has 1 N–H and O–H groups in total. The average molecular weight is 475 g/mol. The molecule has 35 heavy (non-hydrogen) atoms. The highest BCUT2D eigenvalue weighted by Gasteiger charge is 2.47. The Hall–Kier alpha value is -4.46. The van der Waals surface area contributed by atoms with Gasteiger partial charge in [-0.1, -0.05) is 6.07 Å². The number of benzene rings is 3. The van der Waals surface area contributed by atoms with Crippen molar-refractivity contribution in [3.8, 4) is 23.0 Å². The van der Waals surface area contributed by atoms with Gasteiger partial charge in [-0.25, -0.2) is 0 Å². The van der Waals surface area contributed by atoms with Gasteiger partial charge in [0.2, 0.25) is 0 Å². The molecule has 0 saturated carbocycles. The van der Waals surface area contributed by atoms with Crippen LogP contribution in [0.5, 0.6) is 23.0 Å². The van der Waals surface area contributed by atoms with E-state index in [9.17, 15) is 14.7 Å². The molecule has 0 aliphatic carbocycles. The highest BCUT2D eigenvalue weighted by atomic mass is 16.5. The van der Waals surface area contributed by atoms with Crippen LogP contribution in [0.25, 0.3) is 5.76 Å². The summed E-state index contributed by atoms with van der Waals surface area (Å²) in [4.78, 5) is 27.9. The minimum Gasteiger partial charge on any atom is -0.507 e. The summed E-state index contributed by atoms with van der Waals surface area (Å²) in [5, 5.41) is 11.2. The molecule has 1 atom stereocenters. The van der Waals surface area contributed by atoms with Crippen molar-refractivity contribution in [2.75, 3.05) is 33.3 Å². The topological polar surface area (TPSA) is 94.5 Å². The standard InChI is InChI=1S/C27H25NO7/c1-32-19-10-5-16(6-11-19)25(29)23-24(17-7-14-21(34-3)22(15-17)35-4)28(27(31)26(23)30)18-8-12-20(33-2)13-9-18/h5-15,24,29H,1-4H3/b25-23+. The zero-order chi connectivity index (χ0) is 25.1. The number of methoxy groups -OCH3 is 4. The van der Waals surface area contributed by atoms with Crippen molar-refractivity contribution in [2.45, 2.75) is 6.04 Å². The van der Waals surface area contributed by atoms with Gasteiger partial charge in [-0.05, 0) is 66.2 Å². The quantitative estimate of drug-likeness (QED) is 0.308. The third kappa shape index (κ3) is 4.26. The van der Waals surface area contributed by atoms with Gasteiger partial charge < -0.3 is 24.1 Å². The maximum absolute atomic E-state index is 13.3. The van der Waals surface area contributed by atoms with Crippen molar-refractivity contribution in [3.05, 3.63) is 83.4 Å². The van der Waals surface area contributed by atoms with Crippen LogP contribution in [0.15, 0.2) is 72.3 Å². The monoisotopic (exact) mass is 475 g/mol. The van der Waals surface area contributed by atoms with E-state index in [4.69, 9.17) is 18.9 Å². The molecule has 1 heterocycles. The van der Waals surface area contributed by atoms with Crippen molar-refractivity contribution < 1.29 is 33.6 Å². The van der Waals surface area contributed by atoms with E-state index in [1.54, 1.807) is 73.8 Å². The van der Waals surface area contributed by atoms with Gasteiger partial charge in [0.15, 0.2) is 11.5 Å². The van der Waals surface area contributed by atoms with E-state index >= 15 is 0 Å². The number of aliphatic hydroxyl groups excluding tert-OH is 1. The predicted octanol–water partition coefficient (Wildman–Crippen LogP) is 4.35. The van der Waals surface area contributed by atoms with Crippen LogP contribution in [0.2, 0.25) is 0 Å². The van der Waals surface area contributed by atoms with Crippen molar-refractivity contribution in [2.24, 2.45) is 0 Å². The Morgan fingerprint density at radius 1 is 0.743 bits per heavy atom. The van der Waals surface area contributed by atoms with Gasteiger partial charge in [0, 0.05) is 11.3 Å². The Bertz CT molecular complexity index is 1280. The summed E-state index contributed by atoms with van der Waals surface area (Å²) in [6, 6.07) is 17.6. The number of Topliss-reactive ketones (excluding diaryl/α,β-unsaturated/α-hetero) is 1. The number of nitrogens with zero attached hydrogens (tertiary/aromatic N) is 1. The Balaban J connectivity index is 1.93. The molecule has 1 amide bonds. The number of ether oxygens (including phenoxy) is 4. The lowest BCUT2D eigenvalue weighted by Crippen LogP contribution is -2.29. The van der Waals surface area contributed by atoms with Crippen LogP contribution in [-0.2, 0) is 9.59 Å². The summed E-state index contributed by atoms with van der Waals surface area (Å²) >= 11 is 0. The minimum atomic E-state index is -0.912. The largest absolute Gasteiger partial charge is 0.507 e. The lowest BCUT2D eigenvalue weighted by Gasteiger charge is -2.26. The van der Waals surface area contributed by atoms with Crippen LogP contribution < -0.4 is 23.8 Å². The lowest BCUT2D eigenvalue weighted by molar-refractivity contribution is -0.132. The van der Waals surface area contributed by atoms with Crippen LogP contribution >= 0.6 is 0 Å². The molecule has 3 aromatic rings. The number of aliphatic hydroxyl groups is 1. The Kier molecular flexibility index (Phi) is 6.64. The van der Waals surface area contributed by atoms with Gasteiger partial charge in [-0.3, -0.25) is 14.5 Å². The van der Waals surface area contributed by atoms with Gasteiger partial charge in [-0.2, -0.15) is 0 Å². The number of hydrogen-bond acceptors (Lipinski definition) is 7. The number of amides is 1. The summed E-state index contributed by atoms with van der Waals surface area (Å²) in [5.41, 5.74) is 1.38. The number of carbonyl (C=O) groups is 2. The third-order valence-corrected chi connectivity index (χ3v) is 5.88. The second-order valence-electron chi connectivity index (χ2n) is 7.71. The van der Waals surface area contributed by atoms with Crippen molar-refractivity contribution >= 4 is 23.1 Å². The number of carbonyl (C=O) groups excluding carboxylic acids is 2. The van der Waals surface area contributed by atoms with Gasteiger partial charge in [0.05, 0.1) is 40.1 Å². The second kappa shape index (κ2) is 9.80. The molecule has 8 nitrogen and oxygen atoms in total. The van der Waals surface area contributed by atoms with Gasteiger partial charge >= 0.3 is 0 Å². The van der Waals surface area contributed by atoms with Gasteiger partial charge in [-0.15, -0.1) is 0 Å². The Morgan fingerprint density at radius 3 is 1.86 bits per heavy atom. The first-order valence-electron chi connectivity index (χ1n) is 10.7. The average Bonchev–Trinajstić information content (AvgIpc) is 3.17. The molecule has 0 bridgehead atoms. The first-order valence-corrected chi connectivity index (χ1v) is 10.7. The highest BCUT2D eigenvalue weighted by molar-refractivity contribution is 6.51. The van der Waals surface area contributed by atoms with Gasteiger partial charge in [0.1, 0.15) is 17.3 Å². The fraction of sp³-hybridized carbons (Fsp3) is 0.185. The molecule has 180 valence electrons. The highest BCUT2D eigenvalue weighted by Crippen LogP contribution is 2.44. The van der Waals surface area contributed by atoms with E-state index in [1.165, 1.54) is 26.2 Å². The van der Waals surface area contributed by atoms with Crippen molar-refractivity contribution in [3.63, 3.8) is 0 Å². The molecule has 8 heteroatoms. The molecule has 1 unspecified atom stereocenters. The van der Waals surface area contributed by atoms with E-state index < -0.39 is 17.7 Å². The smallest absolute Gasteiger partial charge is 0.300 e. The second-order valence-corrected chi connectivity index (χ2v) is 7.71. The molecule has 1 aliphatic rings. The molecule has 0 aromatic heterocycles. The Labute approximate surface area is 202 Å². The normalized spacial score (nSPS) is 16.8. The Morgan fingerprint density at radius 2 is 1.31 bits per heavy atom.